The van der Waals surface area contributed by atoms with Gasteiger partial charge in [0.05, 0.1) is 0 Å². The van der Waals surface area contributed by atoms with Crippen molar-refractivity contribution >= 4 is 34.2 Å². The molecule has 0 saturated heterocycles. The Morgan fingerprint density at radius 2 is 1.92 bits per heavy atom. The molecule has 0 rings (SSSR count). The summed E-state index contributed by atoms with van der Waals surface area (Å²) in [6.45, 7) is 0.960. The van der Waals surface area contributed by atoms with Gasteiger partial charge in [-0.3, -0.25) is 4.79 Å². The quantitative estimate of drug-likeness (QED) is 0.289. The number of carboxylic acid groups (broad SMARTS) is 1. The van der Waals surface area contributed by atoms with Crippen molar-refractivity contribution in [3.05, 3.63) is 0 Å². The molecule has 0 aromatic carbocycles. The number of carbonyl (C=O) groups is 2. The number of hydrogen-bond donors (Lipinski definition) is 1. The summed E-state index contributed by atoms with van der Waals surface area (Å²) >= 11 is 0. The Labute approximate surface area is 83.6 Å². The summed E-state index contributed by atoms with van der Waals surface area (Å²) in [5, 5.41) is 8.09. The van der Waals surface area contributed by atoms with E-state index >= 15 is 0 Å². The minimum Gasteiger partial charge on any atom is -0.467 e. The molecule has 0 radical (unpaired) electrons. The van der Waals surface area contributed by atoms with E-state index < -0.39 is 6.16 Å². The first kappa shape index (κ1) is 12.4. The molecule has 0 amide bonds. The predicted molar refractivity (Wildman–Crippen MR) is 50.9 cm³/mol. The molecule has 5 nitrogen and oxygen atoms in total. The Balaban J connectivity index is 2.91. The molecular formula is C6H10O5S2. The van der Waals surface area contributed by atoms with Crippen LogP contribution >= 0.6 is 21.6 Å². The normalized spacial score (nSPS) is 9.23. The molecule has 13 heavy (non-hydrogen) atoms. The van der Waals surface area contributed by atoms with Gasteiger partial charge in [-0.1, -0.05) is 21.6 Å². The number of ether oxygens (including phenoxy) is 2. The van der Waals surface area contributed by atoms with E-state index in [0.717, 1.165) is 0 Å². The highest BCUT2D eigenvalue weighted by atomic mass is 33.1. The summed E-state index contributed by atoms with van der Waals surface area (Å²) < 4.78 is 8.70. The highest BCUT2D eigenvalue weighted by Crippen LogP contribution is 2.19. The van der Waals surface area contributed by atoms with Gasteiger partial charge in [-0.15, -0.1) is 0 Å². The summed E-state index contributed by atoms with van der Waals surface area (Å²) in [6, 6.07) is 0. The molecule has 0 heterocycles. The van der Waals surface area contributed by atoms with Gasteiger partial charge in [0.2, 0.25) is 0 Å². The van der Waals surface area contributed by atoms with Gasteiger partial charge in [-0.25, -0.2) is 4.79 Å². The fraction of sp³-hybridized carbons (Fsp3) is 0.667. The maximum atomic E-state index is 9.88. The Morgan fingerprint density at radius 3 is 2.46 bits per heavy atom. The second kappa shape index (κ2) is 9.53. The summed E-state index contributed by atoms with van der Waals surface area (Å²) in [6.07, 6.45) is -1.25. The van der Waals surface area contributed by atoms with E-state index in [1.54, 1.807) is 0 Å². The third-order valence-electron chi connectivity index (χ3n) is 0.828. The minimum absolute atomic E-state index is 0.182. The molecule has 0 aliphatic carbocycles. The number of rotatable bonds is 8. The standard InChI is InChI=1S/C6H10O5S2/c7-5-10-1-3-12-13-4-2-11-6(8)9/h5H,1-4H2,(H,8,9). The van der Waals surface area contributed by atoms with Crippen molar-refractivity contribution in [3.8, 4) is 0 Å². The summed E-state index contributed by atoms with van der Waals surface area (Å²) in [5.74, 6) is 1.29. The first-order valence-electron chi connectivity index (χ1n) is 3.42. The SMILES string of the molecule is O=COCCSSCCOC(=O)O. The lowest BCUT2D eigenvalue weighted by atomic mass is 10.9. The zero-order chi connectivity index (χ0) is 9.94. The molecule has 0 aromatic rings. The Hall–Kier alpha value is -0.560. The number of carbonyl (C=O) groups excluding carboxylic acids is 1. The first-order chi connectivity index (χ1) is 6.27. The largest absolute Gasteiger partial charge is 0.505 e. The number of hydrogen-bond acceptors (Lipinski definition) is 6. The monoisotopic (exact) mass is 226 g/mol. The summed E-state index contributed by atoms with van der Waals surface area (Å²) in [7, 11) is 2.98. The van der Waals surface area contributed by atoms with Crippen molar-refractivity contribution in [1.29, 1.82) is 0 Å². The molecular weight excluding hydrogens is 216 g/mol. The van der Waals surface area contributed by atoms with Crippen molar-refractivity contribution < 1.29 is 24.2 Å². The maximum absolute atomic E-state index is 9.88. The van der Waals surface area contributed by atoms with Crippen LogP contribution in [0.15, 0.2) is 0 Å². The molecule has 1 N–H and O–H groups in total. The van der Waals surface area contributed by atoms with Gasteiger partial charge in [0.1, 0.15) is 13.2 Å². The topological polar surface area (TPSA) is 72.8 Å². The van der Waals surface area contributed by atoms with Crippen LogP contribution in [0.5, 0.6) is 0 Å². The molecule has 76 valence electrons. The lowest BCUT2D eigenvalue weighted by Gasteiger charge is -2.00. The van der Waals surface area contributed by atoms with Crippen molar-refractivity contribution in [2.45, 2.75) is 0 Å². The van der Waals surface area contributed by atoms with E-state index in [0.29, 0.717) is 24.6 Å². The second-order valence-corrected chi connectivity index (χ2v) is 4.43. The van der Waals surface area contributed by atoms with Crippen LogP contribution in [0.2, 0.25) is 0 Å². The van der Waals surface area contributed by atoms with Gasteiger partial charge < -0.3 is 14.6 Å². The van der Waals surface area contributed by atoms with Crippen LogP contribution in [-0.2, 0) is 14.3 Å². The maximum Gasteiger partial charge on any atom is 0.505 e. The van der Waals surface area contributed by atoms with Crippen LogP contribution in [0.1, 0.15) is 0 Å². The zero-order valence-electron chi connectivity index (χ0n) is 6.80. The Morgan fingerprint density at radius 1 is 1.31 bits per heavy atom. The van der Waals surface area contributed by atoms with E-state index in [1.165, 1.54) is 21.6 Å². The third kappa shape index (κ3) is 11.4. The van der Waals surface area contributed by atoms with Crippen molar-refractivity contribution in [2.75, 3.05) is 24.7 Å². The van der Waals surface area contributed by atoms with Gasteiger partial charge in [0.15, 0.2) is 0 Å². The molecule has 0 saturated carbocycles. The average Bonchev–Trinajstić information content (AvgIpc) is 2.09. The van der Waals surface area contributed by atoms with Crippen molar-refractivity contribution in [3.63, 3.8) is 0 Å². The van der Waals surface area contributed by atoms with Crippen LogP contribution in [0.4, 0.5) is 4.79 Å². The van der Waals surface area contributed by atoms with Crippen LogP contribution in [0, 0.1) is 0 Å². The third-order valence-corrected chi connectivity index (χ3v) is 3.16. The molecule has 0 aromatic heterocycles. The van der Waals surface area contributed by atoms with E-state index in [-0.39, 0.29) is 6.61 Å². The molecule has 0 atom stereocenters. The van der Waals surface area contributed by atoms with Gasteiger partial charge >= 0.3 is 6.16 Å². The first-order valence-corrected chi connectivity index (χ1v) is 5.91. The van der Waals surface area contributed by atoms with E-state index in [4.69, 9.17) is 5.11 Å². The fourth-order valence-corrected chi connectivity index (χ4v) is 2.08. The van der Waals surface area contributed by atoms with Gasteiger partial charge in [0, 0.05) is 11.5 Å². The summed E-state index contributed by atoms with van der Waals surface area (Å²) in [4.78, 5) is 19.6. The highest BCUT2D eigenvalue weighted by Gasteiger charge is 1.96. The molecule has 7 heteroatoms. The minimum atomic E-state index is -1.25. The Bertz CT molecular complexity index is 152. The van der Waals surface area contributed by atoms with E-state index in [2.05, 4.69) is 9.47 Å². The average molecular weight is 226 g/mol. The summed E-state index contributed by atoms with van der Waals surface area (Å²) in [5.41, 5.74) is 0. The van der Waals surface area contributed by atoms with Crippen LogP contribution in [0.25, 0.3) is 0 Å². The lowest BCUT2D eigenvalue weighted by Crippen LogP contribution is -2.03. The highest BCUT2D eigenvalue weighted by molar-refractivity contribution is 8.76. The lowest BCUT2D eigenvalue weighted by molar-refractivity contribution is -0.128. The van der Waals surface area contributed by atoms with Crippen molar-refractivity contribution in [1.82, 2.24) is 0 Å². The van der Waals surface area contributed by atoms with Crippen LogP contribution < -0.4 is 0 Å². The predicted octanol–water partition coefficient (Wildman–Crippen LogP) is 1.24. The smallest absolute Gasteiger partial charge is 0.467 e. The van der Waals surface area contributed by atoms with Gasteiger partial charge in [-0.05, 0) is 0 Å². The molecule has 0 aliphatic rings. The van der Waals surface area contributed by atoms with Crippen LogP contribution in [-0.4, -0.2) is 42.5 Å². The van der Waals surface area contributed by atoms with Crippen LogP contribution in [0.3, 0.4) is 0 Å². The van der Waals surface area contributed by atoms with Crippen molar-refractivity contribution in [2.24, 2.45) is 0 Å². The fourth-order valence-electron chi connectivity index (χ4n) is 0.411. The molecule has 0 spiro atoms. The Kier molecular flexibility index (Phi) is 9.12. The van der Waals surface area contributed by atoms with Gasteiger partial charge in [-0.2, -0.15) is 0 Å². The second-order valence-electron chi connectivity index (χ2n) is 1.73. The van der Waals surface area contributed by atoms with E-state index in [9.17, 15) is 9.59 Å². The molecule has 0 bridgehead atoms. The van der Waals surface area contributed by atoms with E-state index in [1.807, 2.05) is 0 Å². The van der Waals surface area contributed by atoms with Gasteiger partial charge in [0.25, 0.3) is 6.47 Å². The molecule has 0 unspecified atom stereocenters. The molecule has 0 fully saturated rings. The molecule has 0 aliphatic heterocycles. The zero-order valence-corrected chi connectivity index (χ0v) is 8.44.